The molecule has 1 fully saturated rings. The van der Waals surface area contributed by atoms with Crippen LogP contribution in [0.25, 0.3) is 16.6 Å². The zero-order chi connectivity index (χ0) is 21.4. The first-order valence-corrected chi connectivity index (χ1v) is 11.0. The van der Waals surface area contributed by atoms with Crippen LogP contribution in [-0.2, 0) is 4.79 Å². The van der Waals surface area contributed by atoms with Crippen molar-refractivity contribution in [2.45, 2.75) is 31.0 Å². The van der Waals surface area contributed by atoms with E-state index in [2.05, 4.69) is 25.7 Å². The van der Waals surface area contributed by atoms with Crippen LogP contribution < -0.4 is 10.6 Å². The number of hydrogen-bond acceptors (Lipinski definition) is 6. The molecule has 0 unspecified atom stereocenters. The molecule has 0 bridgehead atoms. The Morgan fingerprint density at radius 1 is 1.10 bits per heavy atom. The van der Waals surface area contributed by atoms with Crippen LogP contribution in [-0.4, -0.2) is 43.2 Å². The van der Waals surface area contributed by atoms with E-state index < -0.39 is 0 Å². The van der Waals surface area contributed by atoms with Crippen LogP contribution in [0, 0.1) is 6.92 Å². The van der Waals surface area contributed by atoms with Gasteiger partial charge in [0.05, 0.1) is 22.5 Å². The highest BCUT2D eigenvalue weighted by Gasteiger charge is 2.25. The summed E-state index contributed by atoms with van der Waals surface area (Å²) in [6.45, 7) is 1.83. The van der Waals surface area contributed by atoms with E-state index in [-0.39, 0.29) is 23.6 Å². The first kappa shape index (κ1) is 19.5. The van der Waals surface area contributed by atoms with Crippen LogP contribution in [0.15, 0.2) is 53.7 Å². The molecule has 0 saturated heterocycles. The second kappa shape index (κ2) is 7.99. The molecular weight excluding hydrogens is 412 g/mol. The molecule has 4 aromatic rings. The maximum absolute atomic E-state index is 12.7. The molecule has 31 heavy (non-hydrogen) atoms. The van der Waals surface area contributed by atoms with Gasteiger partial charge in [0.2, 0.25) is 5.91 Å². The number of amides is 2. The van der Waals surface area contributed by atoms with Gasteiger partial charge in [0, 0.05) is 11.4 Å². The molecule has 0 spiro atoms. The number of anilines is 1. The molecule has 5 rings (SSSR count). The van der Waals surface area contributed by atoms with E-state index in [1.807, 2.05) is 31.2 Å². The largest absolute Gasteiger partial charge is 0.349 e. The molecule has 0 atom stereocenters. The van der Waals surface area contributed by atoms with E-state index in [4.69, 9.17) is 0 Å². The average Bonchev–Trinajstić information content (AvgIpc) is 3.49. The third-order valence-corrected chi connectivity index (χ3v) is 5.87. The number of benzene rings is 2. The summed E-state index contributed by atoms with van der Waals surface area (Å²) in [6.07, 6.45) is 2.01. The first-order chi connectivity index (χ1) is 15.1. The van der Waals surface area contributed by atoms with Gasteiger partial charge in [0.1, 0.15) is 5.82 Å². The molecule has 8 nitrogen and oxygen atoms in total. The number of carbonyl (C=O) groups excluding carboxylic acids is 2. The standard InChI is InChI=1S/C22H20N6O2S/c1-13-23-20-15-6-2-4-8-17(15)26-22(28(20)27-13)31-12-19(29)25-18-9-5-3-7-16(18)21(30)24-14-10-11-14/h2-9,14H,10-12H2,1H3,(H,24,30)(H,25,29). The number of nitrogens with one attached hydrogen (secondary N) is 2. The minimum atomic E-state index is -0.225. The number of thioether (sulfide) groups is 1. The van der Waals surface area contributed by atoms with Crippen molar-refractivity contribution >= 4 is 45.8 Å². The number of carbonyl (C=O) groups is 2. The highest BCUT2D eigenvalue weighted by molar-refractivity contribution is 7.99. The zero-order valence-electron chi connectivity index (χ0n) is 16.8. The Balaban J connectivity index is 1.34. The lowest BCUT2D eigenvalue weighted by atomic mass is 10.1. The normalized spacial score (nSPS) is 13.5. The SMILES string of the molecule is Cc1nc2c3ccccc3nc(SCC(=O)Nc3ccccc3C(=O)NC3CC3)n2n1. The molecule has 2 heterocycles. The van der Waals surface area contributed by atoms with Crippen molar-refractivity contribution in [3.63, 3.8) is 0 Å². The van der Waals surface area contributed by atoms with Crippen molar-refractivity contribution < 1.29 is 9.59 Å². The molecule has 156 valence electrons. The van der Waals surface area contributed by atoms with Crippen molar-refractivity contribution in [3.8, 4) is 0 Å². The van der Waals surface area contributed by atoms with Gasteiger partial charge in [0.15, 0.2) is 10.8 Å². The highest BCUT2D eigenvalue weighted by atomic mass is 32.2. The zero-order valence-corrected chi connectivity index (χ0v) is 17.6. The Labute approximate surface area is 182 Å². The lowest BCUT2D eigenvalue weighted by Gasteiger charge is -2.11. The summed E-state index contributed by atoms with van der Waals surface area (Å²) in [6, 6.07) is 15.0. The third-order valence-electron chi connectivity index (χ3n) is 4.95. The Morgan fingerprint density at radius 3 is 2.71 bits per heavy atom. The summed E-state index contributed by atoms with van der Waals surface area (Å²) in [5.41, 5.74) is 2.48. The average molecular weight is 433 g/mol. The van der Waals surface area contributed by atoms with Crippen LogP contribution in [0.4, 0.5) is 5.69 Å². The van der Waals surface area contributed by atoms with E-state index in [0.29, 0.717) is 27.9 Å². The van der Waals surface area contributed by atoms with Crippen LogP contribution >= 0.6 is 11.8 Å². The molecule has 1 saturated carbocycles. The number of nitrogens with zero attached hydrogens (tertiary/aromatic N) is 4. The molecule has 1 aliphatic rings. The van der Waals surface area contributed by atoms with Gasteiger partial charge in [0.25, 0.3) is 5.91 Å². The summed E-state index contributed by atoms with van der Waals surface area (Å²) in [5.74, 6) is 0.372. The van der Waals surface area contributed by atoms with Crippen LogP contribution in [0.3, 0.4) is 0 Å². The van der Waals surface area contributed by atoms with Gasteiger partial charge in [-0.2, -0.15) is 4.52 Å². The molecular formula is C22H20N6O2S. The van der Waals surface area contributed by atoms with Gasteiger partial charge in [-0.05, 0) is 44.0 Å². The number of aromatic nitrogens is 4. The maximum Gasteiger partial charge on any atom is 0.253 e. The fourth-order valence-corrected chi connectivity index (χ4v) is 4.07. The lowest BCUT2D eigenvalue weighted by Crippen LogP contribution is -2.27. The predicted molar refractivity (Wildman–Crippen MR) is 119 cm³/mol. The fraction of sp³-hybridized carbons (Fsp3) is 0.227. The Kier molecular flexibility index (Phi) is 5.03. The van der Waals surface area contributed by atoms with Crippen molar-refractivity contribution in [1.29, 1.82) is 0 Å². The van der Waals surface area contributed by atoms with Gasteiger partial charge >= 0.3 is 0 Å². The first-order valence-electron chi connectivity index (χ1n) is 10.0. The van der Waals surface area contributed by atoms with Gasteiger partial charge in [-0.1, -0.05) is 36.0 Å². The second-order valence-corrected chi connectivity index (χ2v) is 8.38. The number of aryl methyl sites for hydroxylation is 1. The molecule has 0 radical (unpaired) electrons. The van der Waals surface area contributed by atoms with Crippen LogP contribution in [0.2, 0.25) is 0 Å². The highest BCUT2D eigenvalue weighted by Crippen LogP contribution is 2.25. The molecule has 2 amide bonds. The predicted octanol–water partition coefficient (Wildman–Crippen LogP) is 3.21. The Bertz CT molecular complexity index is 1310. The van der Waals surface area contributed by atoms with E-state index in [0.717, 1.165) is 23.7 Å². The Hall–Kier alpha value is -3.46. The summed E-state index contributed by atoms with van der Waals surface area (Å²) in [4.78, 5) is 34.3. The summed E-state index contributed by atoms with van der Waals surface area (Å²) >= 11 is 1.28. The number of rotatable bonds is 6. The van der Waals surface area contributed by atoms with E-state index in [1.54, 1.807) is 28.8 Å². The van der Waals surface area contributed by atoms with Crippen LogP contribution in [0.5, 0.6) is 0 Å². The maximum atomic E-state index is 12.7. The van der Waals surface area contributed by atoms with Crippen molar-refractivity contribution in [2.24, 2.45) is 0 Å². The molecule has 2 N–H and O–H groups in total. The van der Waals surface area contributed by atoms with E-state index in [9.17, 15) is 9.59 Å². The van der Waals surface area contributed by atoms with E-state index >= 15 is 0 Å². The molecule has 2 aromatic heterocycles. The third kappa shape index (κ3) is 4.09. The van der Waals surface area contributed by atoms with Gasteiger partial charge in [-0.25, -0.2) is 9.97 Å². The summed E-state index contributed by atoms with van der Waals surface area (Å²) in [7, 11) is 0. The topological polar surface area (TPSA) is 101 Å². The van der Waals surface area contributed by atoms with Crippen LogP contribution in [0.1, 0.15) is 29.0 Å². The lowest BCUT2D eigenvalue weighted by molar-refractivity contribution is -0.113. The fourth-order valence-electron chi connectivity index (χ4n) is 3.32. The molecule has 0 aliphatic heterocycles. The quantitative estimate of drug-likeness (QED) is 0.358. The van der Waals surface area contributed by atoms with Gasteiger partial charge < -0.3 is 10.6 Å². The number of para-hydroxylation sites is 2. The van der Waals surface area contributed by atoms with E-state index in [1.165, 1.54) is 11.8 Å². The van der Waals surface area contributed by atoms with Gasteiger partial charge in [-0.15, -0.1) is 5.10 Å². The monoisotopic (exact) mass is 432 g/mol. The number of fused-ring (bicyclic) bond motifs is 3. The second-order valence-electron chi connectivity index (χ2n) is 7.44. The molecule has 9 heteroatoms. The number of hydrogen-bond donors (Lipinski definition) is 2. The van der Waals surface area contributed by atoms with Crippen molar-refractivity contribution in [1.82, 2.24) is 24.9 Å². The summed E-state index contributed by atoms with van der Waals surface area (Å²) in [5, 5.41) is 11.7. The smallest absolute Gasteiger partial charge is 0.253 e. The van der Waals surface area contributed by atoms with Crippen molar-refractivity contribution in [3.05, 3.63) is 59.9 Å². The van der Waals surface area contributed by atoms with Gasteiger partial charge in [-0.3, -0.25) is 9.59 Å². The van der Waals surface area contributed by atoms with Crippen molar-refractivity contribution in [2.75, 3.05) is 11.1 Å². The summed E-state index contributed by atoms with van der Waals surface area (Å²) < 4.78 is 1.67. The Morgan fingerprint density at radius 2 is 1.87 bits per heavy atom. The minimum absolute atomic E-state index is 0.123. The minimum Gasteiger partial charge on any atom is -0.349 e. The molecule has 2 aromatic carbocycles. The molecule has 1 aliphatic carbocycles.